The van der Waals surface area contributed by atoms with E-state index in [1.54, 1.807) is 12.1 Å². The lowest BCUT2D eigenvalue weighted by molar-refractivity contribution is -0.151. The zero-order chi connectivity index (χ0) is 12.5. The van der Waals surface area contributed by atoms with Crippen molar-refractivity contribution in [3.8, 4) is 5.75 Å². The Morgan fingerprint density at radius 2 is 2.12 bits per heavy atom. The van der Waals surface area contributed by atoms with Gasteiger partial charge in [-0.15, -0.1) is 0 Å². The second-order valence-electron chi connectivity index (χ2n) is 4.25. The summed E-state index contributed by atoms with van der Waals surface area (Å²) in [4.78, 5) is 22.4. The minimum atomic E-state index is -0.875. The van der Waals surface area contributed by atoms with Crippen molar-refractivity contribution in [1.29, 1.82) is 0 Å². The molecule has 1 aromatic rings. The Morgan fingerprint density at radius 3 is 2.65 bits per heavy atom. The molecule has 1 aliphatic carbocycles. The van der Waals surface area contributed by atoms with Gasteiger partial charge in [0, 0.05) is 12.8 Å². The van der Waals surface area contributed by atoms with Crippen LogP contribution in [0.4, 0.5) is 0 Å². The van der Waals surface area contributed by atoms with Gasteiger partial charge in [0.2, 0.25) is 5.60 Å². The van der Waals surface area contributed by atoms with E-state index in [1.807, 2.05) is 13.0 Å². The molecule has 17 heavy (non-hydrogen) atoms. The number of rotatable bonds is 4. The second kappa shape index (κ2) is 4.20. The highest BCUT2D eigenvalue weighted by Crippen LogP contribution is 2.42. The summed E-state index contributed by atoms with van der Waals surface area (Å²) in [5, 5.41) is 0. The highest BCUT2D eigenvalue weighted by molar-refractivity contribution is 5.84. The Kier molecular flexibility index (Phi) is 2.88. The molecule has 0 spiro atoms. The van der Waals surface area contributed by atoms with Gasteiger partial charge >= 0.3 is 5.97 Å². The fraction of sp³-hybridized carbons (Fsp3) is 0.385. The molecule has 0 aliphatic heterocycles. The highest BCUT2D eigenvalue weighted by atomic mass is 16.6. The molecule has 0 aromatic heterocycles. The molecule has 0 N–H and O–H groups in total. The van der Waals surface area contributed by atoms with Gasteiger partial charge in [0.1, 0.15) is 5.75 Å². The molecule has 0 unspecified atom stereocenters. The summed E-state index contributed by atoms with van der Waals surface area (Å²) in [6.07, 6.45) is 1.99. The van der Waals surface area contributed by atoms with E-state index >= 15 is 0 Å². The molecule has 4 heteroatoms. The molecule has 90 valence electrons. The van der Waals surface area contributed by atoms with Gasteiger partial charge in [0.15, 0.2) is 6.29 Å². The Bertz CT molecular complexity index is 460. The van der Waals surface area contributed by atoms with Gasteiger partial charge in [-0.05, 0) is 24.6 Å². The molecule has 1 aliphatic rings. The summed E-state index contributed by atoms with van der Waals surface area (Å²) < 4.78 is 10.4. The molecular formula is C13H14O4. The van der Waals surface area contributed by atoms with Crippen molar-refractivity contribution in [2.75, 3.05) is 7.11 Å². The van der Waals surface area contributed by atoms with Crippen molar-refractivity contribution in [1.82, 2.24) is 0 Å². The van der Waals surface area contributed by atoms with Gasteiger partial charge in [-0.25, -0.2) is 4.79 Å². The molecule has 0 atom stereocenters. The Morgan fingerprint density at radius 1 is 1.41 bits per heavy atom. The van der Waals surface area contributed by atoms with Crippen LogP contribution in [-0.2, 0) is 9.53 Å². The quantitative estimate of drug-likeness (QED) is 0.589. The van der Waals surface area contributed by atoms with E-state index in [4.69, 9.17) is 9.47 Å². The lowest BCUT2D eigenvalue weighted by atomic mass is 10.1. The first-order valence-corrected chi connectivity index (χ1v) is 5.44. The minimum absolute atomic E-state index is 0.379. The van der Waals surface area contributed by atoms with Gasteiger partial charge in [0.25, 0.3) is 0 Å². The number of aldehydes is 1. The standard InChI is InChI=1S/C13H14O4/c1-9-3-4-10(8-14)11(7-9)17-13(5-6-13)12(15)16-2/h3-4,7-8H,5-6H2,1-2H3. The van der Waals surface area contributed by atoms with Crippen molar-refractivity contribution in [2.24, 2.45) is 0 Å². The molecule has 0 bridgehead atoms. The van der Waals surface area contributed by atoms with E-state index < -0.39 is 5.60 Å². The average Bonchev–Trinajstić information content (AvgIpc) is 3.09. The third-order valence-corrected chi connectivity index (χ3v) is 2.86. The molecule has 0 saturated heterocycles. The van der Waals surface area contributed by atoms with E-state index in [-0.39, 0.29) is 5.97 Å². The van der Waals surface area contributed by atoms with Crippen LogP contribution in [0, 0.1) is 6.92 Å². The second-order valence-corrected chi connectivity index (χ2v) is 4.25. The van der Waals surface area contributed by atoms with Crippen LogP contribution >= 0.6 is 0 Å². The van der Waals surface area contributed by atoms with E-state index in [2.05, 4.69) is 0 Å². The van der Waals surface area contributed by atoms with E-state index in [9.17, 15) is 9.59 Å². The van der Waals surface area contributed by atoms with Crippen LogP contribution in [0.5, 0.6) is 5.75 Å². The van der Waals surface area contributed by atoms with E-state index in [0.29, 0.717) is 24.2 Å². The molecule has 4 nitrogen and oxygen atoms in total. The minimum Gasteiger partial charge on any atom is -0.475 e. The highest BCUT2D eigenvalue weighted by Gasteiger charge is 2.54. The number of hydrogen-bond donors (Lipinski definition) is 0. The Hall–Kier alpha value is -1.84. The predicted octanol–water partition coefficient (Wildman–Crippen LogP) is 1.89. The van der Waals surface area contributed by atoms with Crippen LogP contribution in [0.2, 0.25) is 0 Å². The molecular weight excluding hydrogens is 220 g/mol. The van der Waals surface area contributed by atoms with Gasteiger partial charge in [-0.1, -0.05) is 6.07 Å². The zero-order valence-electron chi connectivity index (χ0n) is 9.86. The SMILES string of the molecule is COC(=O)C1(Oc2cc(C)ccc2C=O)CC1. The fourth-order valence-electron chi connectivity index (χ4n) is 1.69. The van der Waals surface area contributed by atoms with Crippen LogP contribution in [0.3, 0.4) is 0 Å². The Balaban J connectivity index is 2.27. The van der Waals surface area contributed by atoms with Crippen LogP contribution in [0.1, 0.15) is 28.8 Å². The van der Waals surface area contributed by atoms with Crippen LogP contribution in [0.15, 0.2) is 18.2 Å². The van der Waals surface area contributed by atoms with Gasteiger partial charge < -0.3 is 9.47 Å². The summed E-state index contributed by atoms with van der Waals surface area (Å²) >= 11 is 0. The number of carbonyl (C=O) groups excluding carboxylic acids is 2. The molecule has 2 rings (SSSR count). The van der Waals surface area contributed by atoms with Gasteiger partial charge in [-0.3, -0.25) is 4.79 Å². The number of aryl methyl sites for hydroxylation is 1. The van der Waals surface area contributed by atoms with Crippen LogP contribution in [0.25, 0.3) is 0 Å². The third kappa shape index (κ3) is 2.16. The number of methoxy groups -OCH3 is 1. The van der Waals surface area contributed by atoms with Crippen molar-refractivity contribution < 1.29 is 19.1 Å². The topological polar surface area (TPSA) is 52.6 Å². The van der Waals surface area contributed by atoms with E-state index in [1.165, 1.54) is 7.11 Å². The summed E-state index contributed by atoms with van der Waals surface area (Å²) in [5.74, 6) is 0.0683. The summed E-state index contributed by atoms with van der Waals surface area (Å²) in [5.41, 5.74) is 0.553. The fourth-order valence-corrected chi connectivity index (χ4v) is 1.69. The first kappa shape index (κ1) is 11.6. The smallest absolute Gasteiger partial charge is 0.350 e. The lowest BCUT2D eigenvalue weighted by Crippen LogP contribution is -2.31. The zero-order valence-corrected chi connectivity index (χ0v) is 9.86. The summed E-state index contributed by atoms with van der Waals surface area (Å²) in [7, 11) is 1.34. The number of hydrogen-bond acceptors (Lipinski definition) is 4. The van der Waals surface area contributed by atoms with Gasteiger partial charge in [-0.2, -0.15) is 0 Å². The summed E-state index contributed by atoms with van der Waals surface area (Å²) in [6.45, 7) is 1.90. The first-order valence-electron chi connectivity index (χ1n) is 5.44. The molecule has 0 heterocycles. The first-order chi connectivity index (χ1) is 8.11. The van der Waals surface area contributed by atoms with Crippen molar-refractivity contribution in [3.63, 3.8) is 0 Å². The normalized spacial score (nSPS) is 16.1. The number of benzene rings is 1. The molecule has 1 fully saturated rings. The van der Waals surface area contributed by atoms with Crippen molar-refractivity contribution in [3.05, 3.63) is 29.3 Å². The Labute approximate surface area is 99.5 Å². The van der Waals surface area contributed by atoms with Crippen LogP contribution in [-0.4, -0.2) is 25.0 Å². The largest absolute Gasteiger partial charge is 0.475 e. The van der Waals surface area contributed by atoms with Gasteiger partial charge in [0.05, 0.1) is 12.7 Å². The maximum atomic E-state index is 11.5. The molecule has 0 radical (unpaired) electrons. The van der Waals surface area contributed by atoms with Crippen molar-refractivity contribution in [2.45, 2.75) is 25.4 Å². The molecule has 0 amide bonds. The number of esters is 1. The lowest BCUT2D eigenvalue weighted by Gasteiger charge is -2.17. The van der Waals surface area contributed by atoms with E-state index in [0.717, 1.165) is 11.8 Å². The number of carbonyl (C=O) groups is 2. The monoisotopic (exact) mass is 234 g/mol. The maximum absolute atomic E-state index is 11.5. The predicted molar refractivity (Wildman–Crippen MR) is 61.2 cm³/mol. The summed E-state index contributed by atoms with van der Waals surface area (Å²) in [6, 6.07) is 5.27. The average molecular weight is 234 g/mol. The maximum Gasteiger partial charge on any atom is 0.350 e. The van der Waals surface area contributed by atoms with Crippen LogP contribution < -0.4 is 4.74 Å². The third-order valence-electron chi connectivity index (χ3n) is 2.86. The number of ether oxygens (including phenoxy) is 2. The molecule has 1 aromatic carbocycles. The molecule has 1 saturated carbocycles. The van der Waals surface area contributed by atoms with Crippen molar-refractivity contribution >= 4 is 12.3 Å².